The topological polar surface area (TPSA) is 39.8 Å². The zero-order valence-corrected chi connectivity index (χ0v) is 7.29. The molecular weight excluding hydrogens is 190 g/mol. The van der Waals surface area contributed by atoms with Crippen LogP contribution in [0.4, 0.5) is 8.78 Å². The Morgan fingerprint density at radius 1 is 1.29 bits per heavy atom. The van der Waals surface area contributed by atoms with Crippen LogP contribution in [0, 0.1) is 11.6 Å². The van der Waals surface area contributed by atoms with Crippen molar-refractivity contribution in [3.63, 3.8) is 0 Å². The molecule has 14 heavy (non-hydrogen) atoms. The second kappa shape index (κ2) is 2.87. The van der Waals surface area contributed by atoms with Crippen LogP contribution < -0.4 is 9.79 Å². The largest absolute Gasteiger partial charge is 0.868 e. The third-order valence-electron chi connectivity index (χ3n) is 1.87. The molecule has 5 heteroatoms. The minimum Gasteiger partial charge on any atom is -0.868 e. The van der Waals surface area contributed by atoms with E-state index in [1.54, 1.807) is 7.05 Å². The van der Waals surface area contributed by atoms with Gasteiger partial charge in [-0.15, -0.1) is 0 Å². The molecule has 0 radical (unpaired) electrons. The number of benzene rings is 1. The van der Waals surface area contributed by atoms with Gasteiger partial charge in [-0.3, -0.25) is 0 Å². The van der Waals surface area contributed by atoms with Crippen LogP contribution in [-0.4, -0.2) is 5.10 Å². The summed E-state index contributed by atoms with van der Waals surface area (Å²) in [6.45, 7) is 0. The molecule has 0 aliphatic heterocycles. The maximum atomic E-state index is 12.8. The highest BCUT2D eigenvalue weighted by atomic mass is 19.2. The summed E-state index contributed by atoms with van der Waals surface area (Å²) in [5, 5.41) is 15.2. The van der Waals surface area contributed by atoms with E-state index in [9.17, 15) is 13.9 Å². The van der Waals surface area contributed by atoms with Crippen LogP contribution in [-0.2, 0) is 7.05 Å². The molecule has 3 nitrogen and oxygen atoms in total. The average molecular weight is 196 g/mol. The molecule has 1 heterocycles. The van der Waals surface area contributed by atoms with Gasteiger partial charge < -0.3 is 5.11 Å². The number of hydrogen-bond acceptors (Lipinski definition) is 2. The number of fused-ring (bicyclic) bond motifs is 1. The first-order valence-electron chi connectivity index (χ1n) is 3.90. The van der Waals surface area contributed by atoms with Gasteiger partial charge in [-0.25, -0.2) is 8.78 Å². The van der Waals surface area contributed by atoms with E-state index < -0.39 is 11.6 Å². The predicted molar refractivity (Wildman–Crippen MR) is 42.3 cm³/mol. The number of rotatable bonds is 0. The fourth-order valence-electron chi connectivity index (χ4n) is 1.25. The summed E-state index contributed by atoms with van der Waals surface area (Å²) < 4.78 is 26.8. The molecule has 1 aromatic carbocycles. The van der Waals surface area contributed by atoms with Crippen LogP contribution in [0.5, 0.6) is 5.75 Å². The summed E-state index contributed by atoms with van der Waals surface area (Å²) in [4.78, 5) is 0. The van der Waals surface area contributed by atoms with Gasteiger partial charge in [0, 0.05) is 11.5 Å². The Hall–Kier alpha value is -1.78. The van der Waals surface area contributed by atoms with Crippen molar-refractivity contribution in [3.05, 3.63) is 30.0 Å². The monoisotopic (exact) mass is 196 g/mol. The fraction of sp³-hybridized carbons (Fsp3) is 0.111. The number of nitrogens with zero attached hydrogens (tertiary/aromatic N) is 2. The summed E-state index contributed by atoms with van der Waals surface area (Å²) in [5.41, 5.74) is 0.152. The van der Waals surface area contributed by atoms with Gasteiger partial charge in [0.15, 0.2) is 24.9 Å². The molecule has 2 aromatic rings. The lowest BCUT2D eigenvalue weighted by Gasteiger charge is -2.06. The van der Waals surface area contributed by atoms with Crippen molar-refractivity contribution in [1.82, 2.24) is 5.10 Å². The van der Waals surface area contributed by atoms with Gasteiger partial charge in [0.1, 0.15) is 5.52 Å². The van der Waals surface area contributed by atoms with E-state index in [0.717, 1.165) is 12.1 Å². The van der Waals surface area contributed by atoms with Crippen LogP contribution in [0.15, 0.2) is 18.3 Å². The molecule has 0 spiro atoms. The van der Waals surface area contributed by atoms with E-state index in [-0.39, 0.29) is 16.7 Å². The molecule has 0 aliphatic rings. The number of aromatic nitrogens is 2. The van der Waals surface area contributed by atoms with E-state index in [0.29, 0.717) is 0 Å². The molecule has 1 aromatic heterocycles. The van der Waals surface area contributed by atoms with Crippen LogP contribution in [0.25, 0.3) is 10.9 Å². The minimum atomic E-state index is -1.04. The highest BCUT2D eigenvalue weighted by molar-refractivity contribution is 5.82. The molecule has 0 fully saturated rings. The smallest absolute Gasteiger partial charge is 0.188 e. The number of aryl methyl sites for hydroxylation is 1. The summed E-state index contributed by atoms with van der Waals surface area (Å²) in [7, 11) is 1.54. The van der Waals surface area contributed by atoms with E-state index in [1.165, 1.54) is 10.9 Å². The molecule has 0 saturated heterocycles. The molecule has 0 amide bonds. The van der Waals surface area contributed by atoms with Gasteiger partial charge in [0.25, 0.3) is 0 Å². The van der Waals surface area contributed by atoms with Crippen molar-refractivity contribution in [2.75, 3.05) is 0 Å². The molecule has 0 saturated carbocycles. The normalized spacial score (nSPS) is 10.8. The van der Waals surface area contributed by atoms with E-state index >= 15 is 0 Å². The molecule has 0 atom stereocenters. The van der Waals surface area contributed by atoms with Crippen LogP contribution in [0.3, 0.4) is 0 Å². The van der Waals surface area contributed by atoms with Crippen molar-refractivity contribution in [2.45, 2.75) is 0 Å². The Morgan fingerprint density at radius 3 is 2.64 bits per heavy atom. The minimum absolute atomic E-state index is 0.0852. The van der Waals surface area contributed by atoms with Crippen molar-refractivity contribution in [2.24, 2.45) is 7.05 Å². The Morgan fingerprint density at radius 2 is 1.93 bits per heavy atom. The fourth-order valence-corrected chi connectivity index (χ4v) is 1.25. The third kappa shape index (κ3) is 1.26. The summed E-state index contributed by atoms with van der Waals surface area (Å²) in [6.07, 6.45) is 1.21. The van der Waals surface area contributed by atoms with Gasteiger partial charge in [0.2, 0.25) is 0 Å². The highest BCUT2D eigenvalue weighted by Crippen LogP contribution is 2.20. The highest BCUT2D eigenvalue weighted by Gasteiger charge is 2.08. The third-order valence-corrected chi connectivity index (χ3v) is 1.87. The number of hydrogen-bond donors (Lipinski definition) is 0. The Labute approximate surface area is 78.2 Å². The maximum absolute atomic E-state index is 12.8. The zero-order valence-electron chi connectivity index (χ0n) is 7.29. The van der Waals surface area contributed by atoms with Crippen LogP contribution >= 0.6 is 0 Å². The first kappa shape index (κ1) is 8.80. The van der Waals surface area contributed by atoms with Crippen molar-refractivity contribution in [1.29, 1.82) is 0 Å². The molecule has 2 rings (SSSR count). The SMILES string of the molecule is C[n+]1cc([O-])c2cc(F)c(F)cc2n1. The summed E-state index contributed by atoms with van der Waals surface area (Å²) in [5.74, 6) is -2.42. The van der Waals surface area contributed by atoms with E-state index in [2.05, 4.69) is 5.10 Å². The molecular formula is C9H6F2N2O. The first-order valence-corrected chi connectivity index (χ1v) is 3.90. The Kier molecular flexibility index (Phi) is 1.80. The summed E-state index contributed by atoms with van der Waals surface area (Å²) >= 11 is 0. The summed E-state index contributed by atoms with van der Waals surface area (Å²) in [6, 6.07) is 1.77. The average Bonchev–Trinajstić information content (AvgIpc) is 2.08. The Bertz CT molecular complexity index is 514. The van der Waals surface area contributed by atoms with E-state index in [4.69, 9.17) is 0 Å². The second-order valence-electron chi connectivity index (χ2n) is 2.95. The molecule has 0 aliphatic carbocycles. The number of halogens is 2. The lowest BCUT2D eigenvalue weighted by molar-refractivity contribution is -0.730. The zero-order chi connectivity index (χ0) is 10.3. The standard InChI is InChI=1S/C9H6F2N2O/c1-13-4-9(14)5-2-6(10)7(11)3-8(5)12-13/h2-4H,1H3. The second-order valence-corrected chi connectivity index (χ2v) is 2.95. The Balaban J connectivity index is 2.89. The molecule has 0 bridgehead atoms. The van der Waals surface area contributed by atoms with Gasteiger partial charge in [-0.05, 0) is 16.9 Å². The lowest BCUT2D eigenvalue weighted by atomic mass is 10.2. The molecule has 0 unspecified atom stereocenters. The van der Waals surface area contributed by atoms with Crippen molar-refractivity contribution < 1.29 is 18.6 Å². The first-order chi connectivity index (χ1) is 6.58. The maximum Gasteiger partial charge on any atom is 0.188 e. The van der Waals surface area contributed by atoms with Crippen molar-refractivity contribution in [3.8, 4) is 5.75 Å². The van der Waals surface area contributed by atoms with Gasteiger partial charge in [-0.1, -0.05) is 4.68 Å². The van der Waals surface area contributed by atoms with Crippen LogP contribution in [0.2, 0.25) is 0 Å². The molecule has 0 N–H and O–H groups in total. The predicted octanol–water partition coefficient (Wildman–Crippen LogP) is 0.411. The quantitative estimate of drug-likeness (QED) is 0.572. The van der Waals surface area contributed by atoms with E-state index in [1.807, 2.05) is 0 Å². The van der Waals surface area contributed by atoms with Crippen molar-refractivity contribution >= 4 is 10.9 Å². The van der Waals surface area contributed by atoms with Gasteiger partial charge >= 0.3 is 0 Å². The lowest BCUT2D eigenvalue weighted by Crippen LogP contribution is -2.32. The van der Waals surface area contributed by atoms with Crippen LogP contribution in [0.1, 0.15) is 0 Å². The van der Waals surface area contributed by atoms with Gasteiger partial charge in [-0.2, -0.15) is 0 Å². The molecule has 72 valence electrons. The van der Waals surface area contributed by atoms with Gasteiger partial charge in [0.05, 0.1) is 0 Å².